The number of nitrogens with zero attached hydrogens (tertiary/aromatic N) is 6. The van der Waals surface area contributed by atoms with Gasteiger partial charge in [0.25, 0.3) is 5.91 Å². The van der Waals surface area contributed by atoms with Crippen LogP contribution in [0, 0.1) is 17.4 Å². The van der Waals surface area contributed by atoms with Crippen molar-refractivity contribution in [2.75, 3.05) is 13.7 Å². The molecule has 1 aromatic heterocycles. The molecule has 1 saturated heterocycles. The maximum Gasteiger partial charge on any atom is 0.408 e. The maximum absolute atomic E-state index is 14.3. The van der Waals surface area contributed by atoms with Crippen molar-refractivity contribution in [2.24, 2.45) is 5.92 Å². The van der Waals surface area contributed by atoms with Gasteiger partial charge in [-0.15, -0.1) is 10.2 Å². The van der Waals surface area contributed by atoms with E-state index >= 15 is 0 Å². The van der Waals surface area contributed by atoms with Crippen molar-refractivity contribution >= 4 is 23.8 Å². The fourth-order valence-electron chi connectivity index (χ4n) is 6.48. The van der Waals surface area contributed by atoms with Crippen LogP contribution >= 0.6 is 0 Å². The molecule has 3 fully saturated rings. The van der Waals surface area contributed by atoms with Gasteiger partial charge in [0.1, 0.15) is 29.5 Å². The van der Waals surface area contributed by atoms with Crippen LogP contribution in [0.1, 0.15) is 70.3 Å². The van der Waals surface area contributed by atoms with Crippen molar-refractivity contribution in [1.82, 2.24) is 41.1 Å². The summed E-state index contributed by atoms with van der Waals surface area (Å²) in [6.07, 6.45) is 11.3. The Balaban J connectivity index is 1.28. The smallest absolute Gasteiger partial charge is 0.408 e. The van der Waals surface area contributed by atoms with Crippen molar-refractivity contribution in [3.05, 3.63) is 36.4 Å². The Labute approximate surface area is 272 Å². The van der Waals surface area contributed by atoms with Gasteiger partial charge in [0.05, 0.1) is 13.2 Å². The monoisotopic (exact) mass is 645 g/mol. The summed E-state index contributed by atoms with van der Waals surface area (Å²) in [5.41, 5.74) is -0.584. The van der Waals surface area contributed by atoms with E-state index in [4.69, 9.17) is 14.7 Å². The summed E-state index contributed by atoms with van der Waals surface area (Å²) >= 11 is 0. The molecule has 1 unspecified atom stereocenters. The molecule has 2 saturated carbocycles. The van der Waals surface area contributed by atoms with Gasteiger partial charge in [0.15, 0.2) is 6.19 Å². The molecule has 15 heteroatoms. The number of tetrazole rings is 1. The molecular formula is C32H39N9O6. The quantitative estimate of drug-likeness (QED) is 0.238. The van der Waals surface area contributed by atoms with Crippen molar-refractivity contribution in [2.45, 2.75) is 94.0 Å². The number of amides is 4. The van der Waals surface area contributed by atoms with Crippen LogP contribution < -0.4 is 20.7 Å². The number of fused-ring (bicyclic) bond motifs is 2. The lowest BCUT2D eigenvalue weighted by molar-refractivity contribution is -0.141. The number of hydrogen-bond donors (Lipinski definition) is 3. The van der Waals surface area contributed by atoms with E-state index in [1.54, 1.807) is 37.6 Å². The molecule has 6 rings (SSSR count). The first-order chi connectivity index (χ1) is 22.8. The van der Waals surface area contributed by atoms with Gasteiger partial charge in [0, 0.05) is 24.4 Å². The number of rotatable bonds is 6. The zero-order valence-corrected chi connectivity index (χ0v) is 26.3. The van der Waals surface area contributed by atoms with Gasteiger partial charge < -0.3 is 25.0 Å². The second-order valence-electron chi connectivity index (χ2n) is 12.6. The molecule has 248 valence electrons. The lowest BCUT2D eigenvalue weighted by Gasteiger charge is -2.30. The molecular weight excluding hydrogens is 606 g/mol. The minimum Gasteiger partial charge on any atom is -0.497 e. The predicted octanol–water partition coefficient (Wildman–Crippen LogP) is 2.13. The number of benzene rings is 1. The lowest BCUT2D eigenvalue weighted by atomic mass is 9.96. The fraction of sp³-hybridized carbons (Fsp3) is 0.562. The van der Waals surface area contributed by atoms with E-state index in [-0.39, 0.29) is 25.0 Å². The summed E-state index contributed by atoms with van der Waals surface area (Å²) in [6, 6.07) is 4.74. The number of ether oxygens (including phenoxy) is 2. The molecule has 2 aromatic rings. The van der Waals surface area contributed by atoms with Crippen LogP contribution in [0.15, 0.2) is 36.4 Å². The highest BCUT2D eigenvalue weighted by molar-refractivity contribution is 5.98. The SMILES string of the molecule is COc1ccc(-c2nnn([C@@H]3C[C@H]4C(=O)N[C@]5(C(=O)NC#N)CC5/C=C/CCCCC[C@@H](NC(=O)OC5CCC5)C(=O)N4C3)n2)cc1. The number of aromatic nitrogens is 4. The predicted molar refractivity (Wildman–Crippen MR) is 165 cm³/mol. The van der Waals surface area contributed by atoms with Gasteiger partial charge in [0.2, 0.25) is 17.6 Å². The normalized spacial score (nSPS) is 28.6. The molecule has 0 spiro atoms. The van der Waals surface area contributed by atoms with E-state index in [9.17, 15) is 19.2 Å². The van der Waals surface area contributed by atoms with Crippen LogP contribution in [0.25, 0.3) is 11.4 Å². The number of nitriles is 1. The second-order valence-corrected chi connectivity index (χ2v) is 12.6. The van der Waals surface area contributed by atoms with Crippen LogP contribution in [-0.2, 0) is 19.1 Å². The molecule has 1 aromatic carbocycles. The Kier molecular flexibility index (Phi) is 9.37. The molecule has 0 bridgehead atoms. The number of methoxy groups -OCH3 is 1. The zero-order valence-electron chi connectivity index (χ0n) is 26.3. The highest BCUT2D eigenvalue weighted by atomic mass is 16.6. The van der Waals surface area contributed by atoms with Gasteiger partial charge in [-0.2, -0.15) is 10.1 Å². The first-order valence-electron chi connectivity index (χ1n) is 16.2. The van der Waals surface area contributed by atoms with E-state index < -0.39 is 47.5 Å². The third-order valence-corrected chi connectivity index (χ3v) is 9.55. The Morgan fingerprint density at radius 1 is 1.11 bits per heavy atom. The molecule has 3 N–H and O–H groups in total. The Morgan fingerprint density at radius 3 is 2.64 bits per heavy atom. The number of hydrogen-bond acceptors (Lipinski definition) is 10. The summed E-state index contributed by atoms with van der Waals surface area (Å²) in [4.78, 5) is 57.0. The highest BCUT2D eigenvalue weighted by Gasteiger charge is 2.61. The van der Waals surface area contributed by atoms with Crippen LogP contribution in [0.2, 0.25) is 0 Å². The lowest BCUT2D eigenvalue weighted by Crippen LogP contribution is -2.57. The minimum absolute atomic E-state index is 0.0753. The molecule has 3 heterocycles. The van der Waals surface area contributed by atoms with E-state index in [0.717, 1.165) is 38.5 Å². The molecule has 4 aliphatic rings. The average molecular weight is 646 g/mol. The van der Waals surface area contributed by atoms with Gasteiger partial charge in [-0.1, -0.05) is 25.0 Å². The topological polar surface area (TPSA) is 193 Å². The van der Waals surface area contributed by atoms with E-state index in [1.165, 1.54) is 9.70 Å². The Hall–Kier alpha value is -5.00. The zero-order chi connectivity index (χ0) is 33.0. The number of carbonyl (C=O) groups excluding carboxylic acids is 4. The second kappa shape index (κ2) is 13.8. The van der Waals surface area contributed by atoms with E-state index in [0.29, 0.717) is 36.4 Å². The van der Waals surface area contributed by atoms with Crippen molar-refractivity contribution in [3.8, 4) is 23.3 Å². The van der Waals surface area contributed by atoms with Gasteiger partial charge in [-0.25, -0.2) is 4.79 Å². The average Bonchev–Trinajstić information content (AvgIpc) is 3.36. The van der Waals surface area contributed by atoms with Crippen LogP contribution in [0.5, 0.6) is 5.75 Å². The largest absolute Gasteiger partial charge is 0.497 e. The minimum atomic E-state index is -1.30. The molecule has 2 aliphatic carbocycles. The van der Waals surface area contributed by atoms with E-state index in [2.05, 4.69) is 31.4 Å². The first kappa shape index (κ1) is 32.0. The van der Waals surface area contributed by atoms with Gasteiger partial charge >= 0.3 is 6.09 Å². The maximum atomic E-state index is 14.3. The van der Waals surface area contributed by atoms with Crippen molar-refractivity contribution in [1.29, 1.82) is 5.26 Å². The number of alkyl carbamates (subject to hydrolysis) is 1. The van der Waals surface area contributed by atoms with Crippen LogP contribution in [0.3, 0.4) is 0 Å². The third-order valence-electron chi connectivity index (χ3n) is 9.55. The summed E-state index contributed by atoms with van der Waals surface area (Å²) < 4.78 is 10.7. The summed E-state index contributed by atoms with van der Waals surface area (Å²) in [5, 5.41) is 30.0. The Morgan fingerprint density at radius 2 is 1.91 bits per heavy atom. The van der Waals surface area contributed by atoms with Crippen molar-refractivity contribution in [3.63, 3.8) is 0 Å². The standard InChI is InChI=1S/C32H39N9O6/c1-46-23-14-12-20(13-15-23)27-37-39-41(38-27)22-16-26-28(42)36-32(30(44)34-19-33)17-21(32)8-5-3-2-4-6-11-25(29(43)40(26)18-22)35-31(45)47-24-9-7-10-24/h5,8,12-15,21-22,24-26H,2-4,6-7,9-11,16-18H2,1H3,(H,34,44)(H,35,45)(H,36,42)/b8-5+/t21?,22-,25-,26+,32-/m1/s1. The summed E-state index contributed by atoms with van der Waals surface area (Å²) in [7, 11) is 1.58. The molecule has 2 aliphatic heterocycles. The first-order valence-corrected chi connectivity index (χ1v) is 16.2. The fourth-order valence-corrected chi connectivity index (χ4v) is 6.48. The van der Waals surface area contributed by atoms with Crippen LogP contribution in [0.4, 0.5) is 4.79 Å². The van der Waals surface area contributed by atoms with Crippen molar-refractivity contribution < 1.29 is 28.7 Å². The molecule has 5 atom stereocenters. The number of carbonyl (C=O) groups is 4. The third kappa shape index (κ3) is 6.91. The summed E-state index contributed by atoms with van der Waals surface area (Å²) in [5.74, 6) is -0.798. The summed E-state index contributed by atoms with van der Waals surface area (Å²) in [6.45, 7) is 0.0753. The van der Waals surface area contributed by atoms with Gasteiger partial charge in [-0.3, -0.25) is 19.7 Å². The molecule has 4 amide bonds. The van der Waals surface area contributed by atoms with E-state index in [1.807, 2.05) is 12.2 Å². The molecule has 47 heavy (non-hydrogen) atoms. The van der Waals surface area contributed by atoms with Gasteiger partial charge in [-0.05, 0) is 74.4 Å². The Bertz CT molecular complexity index is 1570. The van der Waals surface area contributed by atoms with Crippen LogP contribution in [-0.4, -0.2) is 86.3 Å². The number of allylic oxidation sites excluding steroid dienone is 1. The molecule has 0 radical (unpaired) electrons. The highest BCUT2D eigenvalue weighted by Crippen LogP contribution is 2.45. The molecule has 15 nitrogen and oxygen atoms in total. The number of nitrogens with one attached hydrogen (secondary N) is 3.